The topological polar surface area (TPSA) is 52.6 Å². The first-order valence-corrected chi connectivity index (χ1v) is 9.90. The number of methoxy groups -OCH3 is 2. The molecule has 3 rings (SSSR count). The fourth-order valence-electron chi connectivity index (χ4n) is 3.25. The molecule has 0 aliphatic rings. The van der Waals surface area contributed by atoms with Gasteiger partial charge in [0.25, 0.3) is 0 Å². The number of ketones is 2. The van der Waals surface area contributed by atoms with Crippen molar-refractivity contribution in [3.8, 4) is 11.5 Å². The van der Waals surface area contributed by atoms with Crippen LogP contribution in [0.2, 0.25) is 10.0 Å². The Morgan fingerprint density at radius 3 is 1.33 bits per heavy atom. The van der Waals surface area contributed by atoms with E-state index >= 15 is 0 Å². The Hall–Kier alpha value is -2.82. The van der Waals surface area contributed by atoms with E-state index in [0.717, 1.165) is 11.1 Å². The van der Waals surface area contributed by atoms with Gasteiger partial charge in [-0.3, -0.25) is 9.59 Å². The predicted molar refractivity (Wildman–Crippen MR) is 119 cm³/mol. The van der Waals surface area contributed by atoms with Crippen LogP contribution in [0.3, 0.4) is 0 Å². The molecule has 154 valence electrons. The highest BCUT2D eigenvalue weighted by Gasteiger charge is 2.21. The Kier molecular flexibility index (Phi) is 6.49. The smallest absolute Gasteiger partial charge is 0.194 e. The van der Waals surface area contributed by atoms with Crippen molar-refractivity contribution in [2.45, 2.75) is 13.8 Å². The Morgan fingerprint density at radius 1 is 0.667 bits per heavy atom. The van der Waals surface area contributed by atoms with Gasteiger partial charge in [-0.2, -0.15) is 0 Å². The summed E-state index contributed by atoms with van der Waals surface area (Å²) in [7, 11) is 3.14. The van der Waals surface area contributed by atoms with Gasteiger partial charge in [0.2, 0.25) is 0 Å². The first-order valence-electron chi connectivity index (χ1n) is 9.14. The normalized spacial score (nSPS) is 10.6. The second kappa shape index (κ2) is 8.90. The van der Waals surface area contributed by atoms with Crippen molar-refractivity contribution in [2.24, 2.45) is 0 Å². The highest BCUT2D eigenvalue weighted by atomic mass is 35.5. The van der Waals surface area contributed by atoms with Gasteiger partial charge in [0, 0.05) is 22.3 Å². The number of carbonyl (C=O) groups excluding carboxylic acids is 2. The van der Waals surface area contributed by atoms with Crippen LogP contribution in [-0.4, -0.2) is 25.8 Å². The number of rotatable bonds is 6. The lowest BCUT2D eigenvalue weighted by Gasteiger charge is -2.11. The summed E-state index contributed by atoms with van der Waals surface area (Å²) in [5.74, 6) is 0.803. The van der Waals surface area contributed by atoms with Crippen LogP contribution in [0.15, 0.2) is 48.5 Å². The fraction of sp³-hybridized carbons (Fsp3) is 0.167. The summed E-state index contributed by atoms with van der Waals surface area (Å²) < 4.78 is 10.5. The third-order valence-electron chi connectivity index (χ3n) is 4.86. The van der Waals surface area contributed by atoms with E-state index in [4.69, 9.17) is 32.7 Å². The molecule has 0 amide bonds. The van der Waals surface area contributed by atoms with Crippen LogP contribution < -0.4 is 9.47 Å². The number of hydrogen-bond donors (Lipinski definition) is 0. The Labute approximate surface area is 185 Å². The van der Waals surface area contributed by atoms with Crippen molar-refractivity contribution >= 4 is 34.8 Å². The summed E-state index contributed by atoms with van der Waals surface area (Å²) in [4.78, 5) is 25.9. The summed E-state index contributed by atoms with van der Waals surface area (Å²) in [6, 6.07) is 13.1. The van der Waals surface area contributed by atoms with Gasteiger partial charge in [-0.1, -0.05) is 23.2 Å². The van der Waals surface area contributed by atoms with Crippen LogP contribution in [-0.2, 0) is 0 Å². The summed E-state index contributed by atoms with van der Waals surface area (Å²) in [5.41, 5.74) is 3.02. The SMILES string of the molecule is COc1ccc(C(=O)c2cc(Cl)c(C(=O)c3ccc(OC)c(C)c3)cc2Cl)cc1C. The van der Waals surface area contributed by atoms with Gasteiger partial charge in [0.05, 0.1) is 24.3 Å². The minimum Gasteiger partial charge on any atom is -0.496 e. The lowest BCUT2D eigenvalue weighted by molar-refractivity contribution is 0.102. The summed E-state index contributed by atoms with van der Waals surface area (Å²) in [6.45, 7) is 3.70. The van der Waals surface area contributed by atoms with E-state index in [9.17, 15) is 9.59 Å². The molecule has 0 saturated carbocycles. The molecule has 0 aliphatic heterocycles. The summed E-state index contributed by atoms with van der Waals surface area (Å²) in [5, 5.41) is 0.318. The van der Waals surface area contributed by atoms with Crippen LogP contribution in [0.5, 0.6) is 11.5 Å². The third kappa shape index (κ3) is 4.20. The Morgan fingerprint density at radius 2 is 1.03 bits per heavy atom. The molecule has 6 heteroatoms. The number of halogens is 2. The molecular weight excluding hydrogens is 423 g/mol. The number of carbonyl (C=O) groups is 2. The predicted octanol–water partition coefficient (Wildman–Crippen LogP) is 6.09. The van der Waals surface area contributed by atoms with Gasteiger partial charge in [-0.25, -0.2) is 0 Å². The number of aryl methyl sites for hydroxylation is 2. The van der Waals surface area contributed by atoms with Crippen LogP contribution in [0.25, 0.3) is 0 Å². The van der Waals surface area contributed by atoms with E-state index in [2.05, 4.69) is 0 Å². The third-order valence-corrected chi connectivity index (χ3v) is 5.49. The van der Waals surface area contributed by atoms with Gasteiger partial charge in [-0.05, 0) is 73.5 Å². The first kappa shape index (κ1) is 21.9. The summed E-state index contributed by atoms with van der Waals surface area (Å²) in [6.07, 6.45) is 0. The van der Waals surface area contributed by atoms with E-state index in [-0.39, 0.29) is 32.7 Å². The van der Waals surface area contributed by atoms with Crippen molar-refractivity contribution in [2.75, 3.05) is 14.2 Å². The second-order valence-electron chi connectivity index (χ2n) is 6.84. The zero-order chi connectivity index (χ0) is 22.0. The molecule has 3 aromatic rings. The van der Waals surface area contributed by atoms with Crippen molar-refractivity contribution < 1.29 is 19.1 Å². The first-order chi connectivity index (χ1) is 14.3. The van der Waals surface area contributed by atoms with E-state index in [0.29, 0.717) is 22.6 Å². The zero-order valence-electron chi connectivity index (χ0n) is 17.0. The fourth-order valence-corrected chi connectivity index (χ4v) is 3.74. The lowest BCUT2D eigenvalue weighted by atomic mass is 9.97. The van der Waals surface area contributed by atoms with E-state index in [1.54, 1.807) is 50.6 Å². The number of ether oxygens (including phenoxy) is 2. The van der Waals surface area contributed by atoms with Crippen LogP contribution >= 0.6 is 23.2 Å². The highest BCUT2D eigenvalue weighted by Crippen LogP contribution is 2.31. The maximum Gasteiger partial charge on any atom is 0.194 e. The quantitative estimate of drug-likeness (QED) is 0.433. The molecule has 0 radical (unpaired) electrons. The Bertz CT molecular complexity index is 1060. The number of hydrogen-bond acceptors (Lipinski definition) is 4. The van der Waals surface area contributed by atoms with Gasteiger partial charge in [0.1, 0.15) is 11.5 Å². The minimum atomic E-state index is -0.285. The Balaban J connectivity index is 1.97. The van der Waals surface area contributed by atoms with Crippen LogP contribution in [0.1, 0.15) is 43.0 Å². The second-order valence-corrected chi connectivity index (χ2v) is 7.65. The van der Waals surface area contributed by atoms with Crippen molar-refractivity contribution in [3.05, 3.63) is 92.0 Å². The number of benzene rings is 3. The molecule has 30 heavy (non-hydrogen) atoms. The van der Waals surface area contributed by atoms with E-state index in [1.807, 2.05) is 13.8 Å². The van der Waals surface area contributed by atoms with Gasteiger partial charge in [0.15, 0.2) is 11.6 Å². The maximum absolute atomic E-state index is 13.0. The maximum atomic E-state index is 13.0. The molecule has 0 heterocycles. The standard InChI is InChI=1S/C24H20Cl2O4/c1-13-9-15(5-7-21(13)29-3)23(27)17-11-20(26)18(12-19(17)25)24(28)16-6-8-22(30-4)14(2)10-16/h5-12H,1-4H3. The van der Waals surface area contributed by atoms with Crippen molar-refractivity contribution in [1.29, 1.82) is 0 Å². The van der Waals surface area contributed by atoms with Crippen LogP contribution in [0, 0.1) is 13.8 Å². The lowest BCUT2D eigenvalue weighted by Crippen LogP contribution is -2.07. The van der Waals surface area contributed by atoms with Gasteiger partial charge < -0.3 is 9.47 Å². The monoisotopic (exact) mass is 442 g/mol. The molecule has 0 saturated heterocycles. The van der Waals surface area contributed by atoms with Crippen molar-refractivity contribution in [3.63, 3.8) is 0 Å². The molecule has 0 N–H and O–H groups in total. The minimum absolute atomic E-state index is 0.159. The molecule has 0 fully saturated rings. The molecule has 0 atom stereocenters. The molecule has 3 aromatic carbocycles. The summed E-state index contributed by atoms with van der Waals surface area (Å²) >= 11 is 12.8. The molecule has 0 spiro atoms. The average Bonchev–Trinajstić information content (AvgIpc) is 2.73. The molecular formula is C24H20Cl2O4. The van der Waals surface area contributed by atoms with E-state index < -0.39 is 0 Å². The average molecular weight is 443 g/mol. The molecule has 4 nitrogen and oxygen atoms in total. The highest BCUT2D eigenvalue weighted by molar-refractivity contribution is 6.39. The van der Waals surface area contributed by atoms with Crippen LogP contribution in [0.4, 0.5) is 0 Å². The molecule has 0 bridgehead atoms. The molecule has 0 unspecified atom stereocenters. The molecule has 0 aliphatic carbocycles. The largest absolute Gasteiger partial charge is 0.496 e. The van der Waals surface area contributed by atoms with E-state index in [1.165, 1.54) is 12.1 Å². The molecule has 0 aromatic heterocycles. The van der Waals surface area contributed by atoms with Gasteiger partial charge >= 0.3 is 0 Å². The zero-order valence-corrected chi connectivity index (χ0v) is 18.5. The van der Waals surface area contributed by atoms with Gasteiger partial charge in [-0.15, -0.1) is 0 Å². The van der Waals surface area contributed by atoms with Crippen molar-refractivity contribution in [1.82, 2.24) is 0 Å².